The standard InChI is InChI=1S/C8H15NO4.C6H5Br.C2H6/c1-8(2,3)13-7(12)9-5-4-6(10)11;7-6-4-2-1-3-5-6;1-2/h4-5H2,1-3H3,(H,9,12)(H,10,11);1-5H;1-2H3. The summed E-state index contributed by atoms with van der Waals surface area (Å²) in [6, 6.07) is 9.97. The number of hydrogen-bond acceptors (Lipinski definition) is 3. The van der Waals surface area contributed by atoms with Crippen molar-refractivity contribution in [2.75, 3.05) is 6.54 Å². The van der Waals surface area contributed by atoms with Crippen LogP contribution in [0.5, 0.6) is 0 Å². The molecule has 1 aromatic carbocycles. The third-order valence-electron chi connectivity index (χ3n) is 1.74. The molecule has 0 aromatic heterocycles. The van der Waals surface area contributed by atoms with Gasteiger partial charge in [-0.3, -0.25) is 4.79 Å². The van der Waals surface area contributed by atoms with Gasteiger partial charge in [-0.25, -0.2) is 4.79 Å². The highest BCUT2D eigenvalue weighted by molar-refractivity contribution is 9.10. The van der Waals surface area contributed by atoms with Crippen LogP contribution in [0.1, 0.15) is 41.0 Å². The number of carboxylic acid groups (broad SMARTS) is 1. The first-order valence-electron chi connectivity index (χ1n) is 7.10. The Balaban J connectivity index is 0. The summed E-state index contributed by atoms with van der Waals surface area (Å²) < 4.78 is 6.01. The smallest absolute Gasteiger partial charge is 0.407 e. The van der Waals surface area contributed by atoms with E-state index in [1.807, 2.05) is 44.2 Å². The summed E-state index contributed by atoms with van der Waals surface area (Å²) in [5.74, 6) is -0.948. The number of benzene rings is 1. The Morgan fingerprint density at radius 3 is 2.00 bits per heavy atom. The van der Waals surface area contributed by atoms with Gasteiger partial charge in [0, 0.05) is 11.0 Å². The maximum atomic E-state index is 10.9. The molecule has 2 N–H and O–H groups in total. The van der Waals surface area contributed by atoms with Crippen LogP contribution in [0.15, 0.2) is 34.8 Å². The Bertz CT molecular complexity index is 416. The fraction of sp³-hybridized carbons (Fsp3) is 0.500. The minimum Gasteiger partial charge on any atom is -0.481 e. The molecule has 0 bridgehead atoms. The second kappa shape index (κ2) is 13.1. The van der Waals surface area contributed by atoms with Gasteiger partial charge in [0.15, 0.2) is 0 Å². The quantitative estimate of drug-likeness (QED) is 0.817. The molecule has 6 heteroatoms. The number of rotatable bonds is 3. The van der Waals surface area contributed by atoms with E-state index < -0.39 is 17.7 Å². The lowest BCUT2D eigenvalue weighted by Crippen LogP contribution is -2.33. The van der Waals surface area contributed by atoms with Gasteiger partial charge in [-0.2, -0.15) is 0 Å². The number of carboxylic acids is 1. The highest BCUT2D eigenvalue weighted by Crippen LogP contribution is 2.06. The molecule has 126 valence electrons. The lowest BCUT2D eigenvalue weighted by Gasteiger charge is -2.19. The average Bonchev–Trinajstić information content (AvgIpc) is 2.40. The Hall–Kier alpha value is -1.56. The molecule has 0 saturated heterocycles. The van der Waals surface area contributed by atoms with Crippen LogP contribution in [0.25, 0.3) is 0 Å². The molecule has 1 rings (SSSR count). The number of nitrogens with one attached hydrogen (secondary N) is 1. The van der Waals surface area contributed by atoms with Crippen molar-refractivity contribution >= 4 is 28.0 Å². The summed E-state index contributed by atoms with van der Waals surface area (Å²) in [6.07, 6.45) is -0.687. The third kappa shape index (κ3) is 18.4. The Morgan fingerprint density at radius 1 is 1.18 bits per heavy atom. The minimum absolute atomic E-state index is 0.0875. The zero-order valence-corrected chi connectivity index (χ0v) is 15.4. The molecule has 0 spiro atoms. The number of hydrogen-bond donors (Lipinski definition) is 2. The molecule has 5 nitrogen and oxygen atoms in total. The molecule has 0 fully saturated rings. The molecular formula is C16H26BrNO4. The van der Waals surface area contributed by atoms with Crippen molar-refractivity contribution in [3.63, 3.8) is 0 Å². The van der Waals surface area contributed by atoms with E-state index in [-0.39, 0.29) is 13.0 Å². The van der Waals surface area contributed by atoms with Gasteiger partial charge in [0.25, 0.3) is 0 Å². The fourth-order valence-corrected chi connectivity index (χ4v) is 1.31. The van der Waals surface area contributed by atoms with E-state index in [0.717, 1.165) is 4.47 Å². The maximum Gasteiger partial charge on any atom is 0.407 e. The first kappa shape index (κ1) is 22.7. The summed E-state index contributed by atoms with van der Waals surface area (Å²) >= 11 is 3.31. The van der Waals surface area contributed by atoms with Crippen LogP contribution in [0.2, 0.25) is 0 Å². The van der Waals surface area contributed by atoms with Gasteiger partial charge in [-0.05, 0) is 32.9 Å². The fourth-order valence-electron chi connectivity index (χ4n) is 1.00. The first-order valence-corrected chi connectivity index (χ1v) is 7.89. The van der Waals surface area contributed by atoms with E-state index in [1.165, 1.54) is 0 Å². The molecule has 0 aliphatic carbocycles. The van der Waals surface area contributed by atoms with Crippen molar-refractivity contribution in [1.29, 1.82) is 0 Å². The number of carbonyl (C=O) groups excluding carboxylic acids is 1. The van der Waals surface area contributed by atoms with Crippen molar-refractivity contribution in [2.45, 2.75) is 46.6 Å². The van der Waals surface area contributed by atoms with E-state index in [9.17, 15) is 9.59 Å². The predicted molar refractivity (Wildman–Crippen MR) is 92.0 cm³/mol. The van der Waals surface area contributed by atoms with E-state index in [1.54, 1.807) is 20.8 Å². The monoisotopic (exact) mass is 375 g/mol. The van der Waals surface area contributed by atoms with Crippen molar-refractivity contribution in [3.8, 4) is 0 Å². The average molecular weight is 376 g/mol. The maximum absolute atomic E-state index is 10.9. The largest absolute Gasteiger partial charge is 0.481 e. The Kier molecular flexibility index (Phi) is 13.6. The highest BCUT2D eigenvalue weighted by Gasteiger charge is 2.15. The van der Waals surface area contributed by atoms with Crippen LogP contribution >= 0.6 is 15.9 Å². The molecule has 0 atom stereocenters. The SMILES string of the molecule is Brc1ccccc1.CC.CC(C)(C)OC(=O)NCCC(=O)O. The van der Waals surface area contributed by atoms with E-state index in [0.29, 0.717) is 0 Å². The normalized spacial score (nSPS) is 9.36. The number of alkyl carbamates (subject to hydrolysis) is 1. The van der Waals surface area contributed by atoms with Crippen LogP contribution < -0.4 is 5.32 Å². The predicted octanol–water partition coefficient (Wildman–Crippen LogP) is 4.46. The molecule has 0 aliphatic heterocycles. The first-order chi connectivity index (χ1) is 10.2. The highest BCUT2D eigenvalue weighted by atomic mass is 79.9. The van der Waals surface area contributed by atoms with Gasteiger partial charge in [0.05, 0.1) is 6.42 Å². The van der Waals surface area contributed by atoms with Crippen molar-refractivity contribution in [3.05, 3.63) is 34.8 Å². The Morgan fingerprint density at radius 2 is 1.68 bits per heavy atom. The second-order valence-corrected chi connectivity index (χ2v) is 5.78. The number of amides is 1. The molecule has 1 amide bonds. The van der Waals surface area contributed by atoms with Crippen molar-refractivity contribution < 1.29 is 19.4 Å². The minimum atomic E-state index is -0.948. The summed E-state index contributed by atoms with van der Waals surface area (Å²) in [5, 5.41) is 10.6. The zero-order valence-electron chi connectivity index (χ0n) is 13.9. The summed E-state index contributed by atoms with van der Waals surface area (Å²) in [7, 11) is 0. The molecule has 0 heterocycles. The number of halogens is 1. The van der Waals surface area contributed by atoms with Crippen LogP contribution in [0, 0.1) is 0 Å². The lowest BCUT2D eigenvalue weighted by molar-refractivity contribution is -0.136. The number of aliphatic carboxylic acids is 1. The topological polar surface area (TPSA) is 75.6 Å². The summed E-state index contributed by atoms with van der Waals surface area (Å²) in [6.45, 7) is 9.31. The van der Waals surface area contributed by atoms with Crippen LogP contribution in [0.4, 0.5) is 4.79 Å². The summed E-state index contributed by atoms with van der Waals surface area (Å²) in [4.78, 5) is 21.0. The molecule has 0 unspecified atom stereocenters. The zero-order chi connectivity index (χ0) is 17.6. The van der Waals surface area contributed by atoms with Gasteiger partial charge in [0.1, 0.15) is 5.60 Å². The van der Waals surface area contributed by atoms with E-state index >= 15 is 0 Å². The molecule has 22 heavy (non-hydrogen) atoms. The molecular weight excluding hydrogens is 350 g/mol. The van der Waals surface area contributed by atoms with Crippen LogP contribution in [0.3, 0.4) is 0 Å². The number of carbonyl (C=O) groups is 2. The van der Waals surface area contributed by atoms with Gasteiger partial charge < -0.3 is 15.2 Å². The molecule has 0 saturated carbocycles. The van der Waals surface area contributed by atoms with Gasteiger partial charge in [-0.15, -0.1) is 0 Å². The molecule has 0 aliphatic rings. The van der Waals surface area contributed by atoms with Crippen molar-refractivity contribution in [1.82, 2.24) is 5.32 Å². The van der Waals surface area contributed by atoms with Crippen LogP contribution in [-0.2, 0) is 9.53 Å². The Labute approximate surface area is 141 Å². The van der Waals surface area contributed by atoms with Gasteiger partial charge in [0.2, 0.25) is 0 Å². The third-order valence-corrected chi connectivity index (χ3v) is 2.27. The second-order valence-electron chi connectivity index (χ2n) is 4.87. The summed E-state index contributed by atoms with van der Waals surface area (Å²) in [5.41, 5.74) is -0.548. The van der Waals surface area contributed by atoms with Gasteiger partial charge >= 0.3 is 12.1 Å². The van der Waals surface area contributed by atoms with E-state index in [4.69, 9.17) is 9.84 Å². The van der Waals surface area contributed by atoms with E-state index in [2.05, 4.69) is 21.2 Å². The van der Waals surface area contributed by atoms with Crippen LogP contribution in [-0.4, -0.2) is 29.3 Å². The molecule has 0 radical (unpaired) electrons. The number of ether oxygens (including phenoxy) is 1. The molecule has 1 aromatic rings. The lowest BCUT2D eigenvalue weighted by atomic mass is 10.2. The van der Waals surface area contributed by atoms with Crippen molar-refractivity contribution in [2.24, 2.45) is 0 Å². The van der Waals surface area contributed by atoms with Gasteiger partial charge in [-0.1, -0.05) is 48.0 Å².